The molecule has 1 aliphatic heterocycles. The minimum absolute atomic E-state index is 0.278. The normalized spacial score (nSPS) is 14.3. The number of fused-ring (bicyclic) bond motifs is 2. The lowest BCUT2D eigenvalue weighted by atomic mass is 9.99. The highest BCUT2D eigenvalue weighted by molar-refractivity contribution is 7.90. The summed E-state index contributed by atoms with van der Waals surface area (Å²) in [6, 6.07) is 11.1. The third-order valence-corrected chi connectivity index (χ3v) is 5.85. The van der Waals surface area contributed by atoms with Crippen molar-refractivity contribution in [1.82, 2.24) is 9.97 Å². The Morgan fingerprint density at radius 1 is 1.08 bits per heavy atom. The Balaban J connectivity index is 1.79. The van der Waals surface area contributed by atoms with Gasteiger partial charge in [-0.2, -0.15) is 0 Å². The topological polar surface area (TPSA) is 72.4 Å². The minimum atomic E-state index is -3.29. The zero-order chi connectivity index (χ0) is 18.3. The van der Waals surface area contributed by atoms with Crippen molar-refractivity contribution in [2.24, 2.45) is 0 Å². The number of methoxy groups -OCH3 is 1. The summed E-state index contributed by atoms with van der Waals surface area (Å²) < 4.78 is 29.2. The maximum Gasteiger partial charge on any atom is 0.175 e. The zero-order valence-corrected chi connectivity index (χ0v) is 15.5. The molecule has 7 heteroatoms. The van der Waals surface area contributed by atoms with E-state index in [4.69, 9.17) is 4.74 Å². The van der Waals surface area contributed by atoms with Crippen molar-refractivity contribution in [3.05, 3.63) is 53.9 Å². The summed E-state index contributed by atoms with van der Waals surface area (Å²) in [5.41, 5.74) is 3.23. The summed E-state index contributed by atoms with van der Waals surface area (Å²) >= 11 is 0. The number of rotatable bonds is 3. The molecule has 0 atom stereocenters. The second-order valence-corrected chi connectivity index (χ2v) is 8.47. The number of sulfone groups is 1. The van der Waals surface area contributed by atoms with E-state index in [9.17, 15) is 8.42 Å². The number of hydrogen-bond acceptors (Lipinski definition) is 6. The van der Waals surface area contributed by atoms with Gasteiger partial charge in [0.05, 0.1) is 17.5 Å². The molecule has 0 fully saturated rings. The van der Waals surface area contributed by atoms with E-state index in [0.29, 0.717) is 6.54 Å². The average Bonchev–Trinajstić information content (AvgIpc) is 2.65. The van der Waals surface area contributed by atoms with E-state index in [1.165, 1.54) is 23.7 Å². The van der Waals surface area contributed by atoms with Crippen LogP contribution in [0.4, 0.5) is 5.82 Å². The van der Waals surface area contributed by atoms with Crippen molar-refractivity contribution in [2.75, 3.05) is 24.8 Å². The fourth-order valence-corrected chi connectivity index (χ4v) is 3.99. The van der Waals surface area contributed by atoms with Crippen molar-refractivity contribution in [3.8, 4) is 5.75 Å². The van der Waals surface area contributed by atoms with Gasteiger partial charge in [-0.25, -0.2) is 18.4 Å². The summed E-state index contributed by atoms with van der Waals surface area (Å²) in [4.78, 5) is 11.2. The SMILES string of the molecule is COc1ccc2c(c1)CN(c1ncnc3ccc(S(C)(=O)=O)cc13)CC2. The molecule has 134 valence electrons. The molecule has 0 amide bonds. The summed E-state index contributed by atoms with van der Waals surface area (Å²) in [6.45, 7) is 1.51. The lowest BCUT2D eigenvalue weighted by Gasteiger charge is -2.30. The molecule has 0 radical (unpaired) electrons. The van der Waals surface area contributed by atoms with E-state index in [0.717, 1.165) is 35.4 Å². The highest BCUT2D eigenvalue weighted by Gasteiger charge is 2.21. The molecule has 0 aliphatic carbocycles. The smallest absolute Gasteiger partial charge is 0.175 e. The Bertz CT molecular complexity index is 1100. The Morgan fingerprint density at radius 2 is 1.92 bits per heavy atom. The third-order valence-electron chi connectivity index (χ3n) is 4.74. The van der Waals surface area contributed by atoms with Crippen LogP contribution in [0.25, 0.3) is 10.9 Å². The van der Waals surface area contributed by atoms with E-state index in [1.807, 2.05) is 12.1 Å². The van der Waals surface area contributed by atoms with E-state index in [1.54, 1.807) is 25.3 Å². The molecular weight excluding hydrogens is 350 g/mol. The first-order valence-electron chi connectivity index (χ1n) is 8.31. The van der Waals surface area contributed by atoms with Crippen LogP contribution in [0.2, 0.25) is 0 Å². The predicted molar refractivity (Wildman–Crippen MR) is 100 cm³/mol. The van der Waals surface area contributed by atoms with E-state index >= 15 is 0 Å². The maximum absolute atomic E-state index is 11.9. The number of nitrogens with zero attached hydrogens (tertiary/aromatic N) is 3. The molecule has 1 aromatic heterocycles. The Hall–Kier alpha value is -2.67. The molecule has 0 unspecified atom stereocenters. The van der Waals surface area contributed by atoms with Crippen molar-refractivity contribution in [3.63, 3.8) is 0 Å². The number of benzene rings is 2. The maximum atomic E-state index is 11.9. The zero-order valence-electron chi connectivity index (χ0n) is 14.6. The quantitative estimate of drug-likeness (QED) is 0.707. The molecule has 0 spiro atoms. The number of hydrogen-bond donors (Lipinski definition) is 0. The fourth-order valence-electron chi connectivity index (χ4n) is 3.35. The molecule has 0 bridgehead atoms. The van der Waals surface area contributed by atoms with Gasteiger partial charge in [0.15, 0.2) is 9.84 Å². The van der Waals surface area contributed by atoms with Gasteiger partial charge in [-0.15, -0.1) is 0 Å². The molecule has 0 saturated heterocycles. The standard InChI is InChI=1S/C19H19N3O3S/c1-25-15-4-3-13-7-8-22(11-14(13)9-15)19-17-10-16(26(2,23)24)5-6-18(17)20-12-21-19/h3-6,9-10,12H,7-8,11H2,1-2H3. The highest BCUT2D eigenvalue weighted by atomic mass is 32.2. The Morgan fingerprint density at radius 3 is 2.69 bits per heavy atom. The van der Waals surface area contributed by atoms with Gasteiger partial charge in [-0.1, -0.05) is 6.07 Å². The van der Waals surface area contributed by atoms with Crippen LogP contribution in [0, 0.1) is 0 Å². The highest BCUT2D eigenvalue weighted by Crippen LogP contribution is 2.31. The van der Waals surface area contributed by atoms with Crippen LogP contribution in [0.5, 0.6) is 5.75 Å². The molecule has 6 nitrogen and oxygen atoms in total. The fraction of sp³-hybridized carbons (Fsp3) is 0.263. The molecular formula is C19H19N3O3S. The van der Waals surface area contributed by atoms with Crippen molar-refractivity contribution < 1.29 is 13.2 Å². The summed E-state index contributed by atoms with van der Waals surface area (Å²) in [5.74, 6) is 1.59. The number of aromatic nitrogens is 2. The molecule has 0 N–H and O–H groups in total. The second-order valence-electron chi connectivity index (χ2n) is 6.45. The summed E-state index contributed by atoms with van der Waals surface area (Å²) in [6.07, 6.45) is 3.64. The van der Waals surface area contributed by atoms with Gasteiger partial charge in [0.1, 0.15) is 17.9 Å². The van der Waals surface area contributed by atoms with Crippen LogP contribution in [0.15, 0.2) is 47.6 Å². The molecule has 26 heavy (non-hydrogen) atoms. The van der Waals surface area contributed by atoms with Gasteiger partial charge in [-0.05, 0) is 47.9 Å². The van der Waals surface area contributed by atoms with Gasteiger partial charge in [0.2, 0.25) is 0 Å². The third kappa shape index (κ3) is 2.99. The number of anilines is 1. The minimum Gasteiger partial charge on any atom is -0.497 e. The van der Waals surface area contributed by atoms with E-state index < -0.39 is 9.84 Å². The van der Waals surface area contributed by atoms with Crippen LogP contribution in [0.3, 0.4) is 0 Å². The molecule has 3 aromatic rings. The van der Waals surface area contributed by atoms with E-state index in [-0.39, 0.29) is 4.90 Å². The summed E-state index contributed by atoms with van der Waals surface area (Å²) in [5, 5.41) is 0.752. The second kappa shape index (κ2) is 6.25. The van der Waals surface area contributed by atoms with Gasteiger partial charge < -0.3 is 9.64 Å². The van der Waals surface area contributed by atoms with Crippen LogP contribution in [-0.4, -0.2) is 38.3 Å². The lowest BCUT2D eigenvalue weighted by molar-refractivity contribution is 0.413. The van der Waals surface area contributed by atoms with Crippen LogP contribution >= 0.6 is 0 Å². The van der Waals surface area contributed by atoms with Gasteiger partial charge in [0, 0.05) is 24.7 Å². The van der Waals surface area contributed by atoms with Gasteiger partial charge in [0.25, 0.3) is 0 Å². The van der Waals surface area contributed by atoms with Gasteiger partial charge in [-0.3, -0.25) is 0 Å². The Kier molecular flexibility index (Phi) is 4.03. The monoisotopic (exact) mass is 369 g/mol. The van der Waals surface area contributed by atoms with Crippen LogP contribution < -0.4 is 9.64 Å². The first-order valence-corrected chi connectivity index (χ1v) is 10.2. The lowest BCUT2D eigenvalue weighted by Crippen LogP contribution is -2.31. The number of ether oxygens (including phenoxy) is 1. The van der Waals surface area contributed by atoms with Crippen molar-refractivity contribution in [1.29, 1.82) is 0 Å². The molecule has 4 rings (SSSR count). The van der Waals surface area contributed by atoms with Crippen molar-refractivity contribution >= 4 is 26.6 Å². The first-order chi connectivity index (χ1) is 12.5. The average molecular weight is 369 g/mol. The molecule has 0 saturated carbocycles. The molecule has 2 heterocycles. The molecule has 2 aromatic carbocycles. The molecule has 1 aliphatic rings. The summed E-state index contributed by atoms with van der Waals surface area (Å²) in [7, 11) is -1.63. The van der Waals surface area contributed by atoms with Crippen LogP contribution in [-0.2, 0) is 22.8 Å². The largest absolute Gasteiger partial charge is 0.497 e. The predicted octanol–water partition coefficient (Wildman–Crippen LogP) is 2.60. The first kappa shape index (κ1) is 16.8. The van der Waals surface area contributed by atoms with Crippen LogP contribution in [0.1, 0.15) is 11.1 Å². The van der Waals surface area contributed by atoms with Gasteiger partial charge >= 0.3 is 0 Å². The Labute approximate surface area is 152 Å². The van der Waals surface area contributed by atoms with Crippen molar-refractivity contribution in [2.45, 2.75) is 17.9 Å². The van der Waals surface area contributed by atoms with E-state index in [2.05, 4.69) is 20.9 Å².